The molecule has 3 heteroatoms. The maximum atomic E-state index is 10.0. The monoisotopic (exact) mass is 248 g/mol. The number of hydrogen-bond acceptors (Lipinski definition) is 3. The Morgan fingerprint density at radius 3 is 2.72 bits per heavy atom. The largest absolute Gasteiger partial charge is 0.390 e. The van der Waals surface area contributed by atoms with Gasteiger partial charge in [-0.25, -0.2) is 0 Å². The lowest BCUT2D eigenvalue weighted by atomic mass is 10.1. The Labute approximate surface area is 110 Å². The molecule has 0 aliphatic carbocycles. The first kappa shape index (κ1) is 13.4. The summed E-state index contributed by atoms with van der Waals surface area (Å²) in [5, 5.41) is 13.4. The summed E-state index contributed by atoms with van der Waals surface area (Å²) in [5.41, 5.74) is 3.61. The van der Waals surface area contributed by atoms with Crippen LogP contribution in [0.4, 0.5) is 5.69 Å². The fourth-order valence-electron chi connectivity index (χ4n) is 2.48. The number of aliphatic hydroxyl groups excluding tert-OH is 1. The fraction of sp³-hybridized carbons (Fsp3) is 0.600. The zero-order valence-corrected chi connectivity index (χ0v) is 11.4. The van der Waals surface area contributed by atoms with Crippen LogP contribution in [0.5, 0.6) is 0 Å². The van der Waals surface area contributed by atoms with Crippen molar-refractivity contribution in [2.75, 3.05) is 31.5 Å². The zero-order valence-electron chi connectivity index (χ0n) is 11.4. The second-order valence-electron chi connectivity index (χ2n) is 5.36. The molecule has 0 bridgehead atoms. The van der Waals surface area contributed by atoms with E-state index in [-0.39, 0.29) is 6.10 Å². The van der Waals surface area contributed by atoms with E-state index >= 15 is 0 Å². The average molecular weight is 248 g/mol. The third-order valence-corrected chi connectivity index (χ3v) is 3.59. The number of aryl methyl sites for hydroxylation is 2. The lowest BCUT2D eigenvalue weighted by molar-refractivity contribution is 0.135. The van der Waals surface area contributed by atoms with Crippen molar-refractivity contribution in [1.82, 2.24) is 4.90 Å². The Balaban J connectivity index is 1.81. The molecular weight excluding hydrogens is 224 g/mol. The van der Waals surface area contributed by atoms with E-state index < -0.39 is 0 Å². The molecule has 1 atom stereocenters. The van der Waals surface area contributed by atoms with Gasteiger partial charge in [0.05, 0.1) is 6.10 Å². The van der Waals surface area contributed by atoms with Gasteiger partial charge in [-0.1, -0.05) is 12.1 Å². The Bertz CT molecular complexity index is 386. The van der Waals surface area contributed by atoms with E-state index in [0.29, 0.717) is 6.54 Å². The molecule has 1 unspecified atom stereocenters. The summed E-state index contributed by atoms with van der Waals surface area (Å²) in [4.78, 5) is 2.34. The Hall–Kier alpha value is -1.06. The van der Waals surface area contributed by atoms with Crippen molar-refractivity contribution < 1.29 is 5.11 Å². The quantitative estimate of drug-likeness (QED) is 0.838. The van der Waals surface area contributed by atoms with E-state index in [9.17, 15) is 5.11 Å². The normalized spacial score (nSPS) is 17.9. The standard InChI is InChI=1S/C15H24N2O/c1-12-5-6-13(2)15(9-12)16-10-14(18)11-17-7-3-4-8-17/h5-6,9,14,16,18H,3-4,7-8,10-11H2,1-2H3. The van der Waals surface area contributed by atoms with E-state index in [4.69, 9.17) is 0 Å². The molecule has 2 rings (SSSR count). The first-order valence-corrected chi connectivity index (χ1v) is 6.86. The minimum atomic E-state index is -0.289. The van der Waals surface area contributed by atoms with Crippen LogP contribution in [-0.2, 0) is 0 Å². The summed E-state index contributed by atoms with van der Waals surface area (Å²) in [7, 11) is 0. The number of likely N-dealkylation sites (tertiary alicyclic amines) is 1. The van der Waals surface area contributed by atoms with E-state index in [1.54, 1.807) is 0 Å². The predicted molar refractivity (Wildman–Crippen MR) is 76.1 cm³/mol. The van der Waals surface area contributed by atoms with Gasteiger partial charge in [0.1, 0.15) is 0 Å². The number of β-amino-alcohol motifs (C(OH)–C–C–N with tert-alkyl or cyclic N) is 1. The summed E-state index contributed by atoms with van der Waals surface area (Å²) >= 11 is 0. The van der Waals surface area contributed by atoms with Crippen LogP contribution in [0.3, 0.4) is 0 Å². The van der Waals surface area contributed by atoms with Gasteiger partial charge in [-0.3, -0.25) is 0 Å². The van der Waals surface area contributed by atoms with Gasteiger partial charge in [0.25, 0.3) is 0 Å². The molecule has 2 N–H and O–H groups in total. The third kappa shape index (κ3) is 3.72. The van der Waals surface area contributed by atoms with Gasteiger partial charge >= 0.3 is 0 Å². The molecule has 1 aliphatic rings. The van der Waals surface area contributed by atoms with Crippen molar-refractivity contribution in [2.45, 2.75) is 32.8 Å². The van der Waals surface area contributed by atoms with Crippen LogP contribution < -0.4 is 5.32 Å². The Morgan fingerprint density at radius 1 is 1.28 bits per heavy atom. The van der Waals surface area contributed by atoms with E-state index in [1.807, 2.05) is 0 Å². The van der Waals surface area contributed by atoms with Crippen LogP contribution in [0.25, 0.3) is 0 Å². The molecule has 1 aliphatic heterocycles. The number of anilines is 1. The van der Waals surface area contributed by atoms with Crippen LogP contribution in [0.15, 0.2) is 18.2 Å². The summed E-state index contributed by atoms with van der Waals surface area (Å²) in [6.45, 7) is 7.87. The fourth-order valence-corrected chi connectivity index (χ4v) is 2.48. The molecule has 0 amide bonds. The van der Waals surface area contributed by atoms with Crippen molar-refractivity contribution in [3.05, 3.63) is 29.3 Å². The molecular formula is C15H24N2O. The molecule has 1 aromatic carbocycles. The SMILES string of the molecule is Cc1ccc(C)c(NCC(O)CN2CCCC2)c1. The van der Waals surface area contributed by atoms with E-state index in [0.717, 1.165) is 25.3 Å². The molecule has 0 aromatic heterocycles. The first-order chi connectivity index (χ1) is 8.65. The molecule has 0 spiro atoms. The minimum Gasteiger partial charge on any atom is -0.390 e. The highest BCUT2D eigenvalue weighted by Gasteiger charge is 2.15. The van der Waals surface area contributed by atoms with Gasteiger partial charge in [-0.15, -0.1) is 0 Å². The minimum absolute atomic E-state index is 0.289. The Morgan fingerprint density at radius 2 is 2.00 bits per heavy atom. The topological polar surface area (TPSA) is 35.5 Å². The van der Waals surface area contributed by atoms with Gasteiger partial charge in [-0.2, -0.15) is 0 Å². The van der Waals surface area contributed by atoms with E-state index in [2.05, 4.69) is 42.3 Å². The summed E-state index contributed by atoms with van der Waals surface area (Å²) in [5.74, 6) is 0. The van der Waals surface area contributed by atoms with Gasteiger partial charge in [0, 0.05) is 18.8 Å². The molecule has 0 radical (unpaired) electrons. The predicted octanol–water partition coefficient (Wildman–Crippen LogP) is 2.17. The van der Waals surface area contributed by atoms with Crippen molar-refractivity contribution in [3.8, 4) is 0 Å². The molecule has 3 nitrogen and oxygen atoms in total. The molecule has 18 heavy (non-hydrogen) atoms. The number of rotatable bonds is 5. The highest BCUT2D eigenvalue weighted by Crippen LogP contribution is 2.16. The van der Waals surface area contributed by atoms with Crippen LogP contribution in [-0.4, -0.2) is 42.3 Å². The van der Waals surface area contributed by atoms with Crippen molar-refractivity contribution in [3.63, 3.8) is 0 Å². The lowest BCUT2D eigenvalue weighted by Gasteiger charge is -2.20. The highest BCUT2D eigenvalue weighted by molar-refractivity contribution is 5.52. The molecule has 1 aromatic rings. The van der Waals surface area contributed by atoms with E-state index in [1.165, 1.54) is 24.0 Å². The van der Waals surface area contributed by atoms with Crippen LogP contribution in [0, 0.1) is 13.8 Å². The van der Waals surface area contributed by atoms with Gasteiger partial charge in [0.2, 0.25) is 0 Å². The number of hydrogen-bond donors (Lipinski definition) is 2. The second-order valence-corrected chi connectivity index (χ2v) is 5.36. The lowest BCUT2D eigenvalue weighted by Crippen LogP contribution is -2.34. The number of nitrogens with one attached hydrogen (secondary N) is 1. The molecule has 0 saturated carbocycles. The smallest absolute Gasteiger partial charge is 0.0839 e. The zero-order chi connectivity index (χ0) is 13.0. The first-order valence-electron chi connectivity index (χ1n) is 6.86. The summed E-state index contributed by atoms with van der Waals surface area (Å²) in [6.07, 6.45) is 2.26. The molecule has 100 valence electrons. The number of nitrogens with zero attached hydrogens (tertiary/aromatic N) is 1. The summed E-state index contributed by atoms with van der Waals surface area (Å²) < 4.78 is 0. The second kappa shape index (κ2) is 6.21. The van der Waals surface area contributed by atoms with Crippen molar-refractivity contribution in [1.29, 1.82) is 0 Å². The average Bonchev–Trinajstić information content (AvgIpc) is 2.83. The number of aliphatic hydroxyl groups is 1. The Kier molecular flexibility index (Phi) is 4.61. The third-order valence-electron chi connectivity index (χ3n) is 3.59. The molecule has 1 saturated heterocycles. The van der Waals surface area contributed by atoms with Gasteiger partial charge < -0.3 is 15.3 Å². The van der Waals surface area contributed by atoms with Crippen molar-refractivity contribution >= 4 is 5.69 Å². The maximum absolute atomic E-state index is 10.0. The summed E-state index contributed by atoms with van der Waals surface area (Å²) in [6, 6.07) is 6.36. The maximum Gasteiger partial charge on any atom is 0.0839 e. The molecule has 1 fully saturated rings. The van der Waals surface area contributed by atoms with Crippen LogP contribution in [0.2, 0.25) is 0 Å². The van der Waals surface area contributed by atoms with Gasteiger partial charge in [0.15, 0.2) is 0 Å². The number of benzene rings is 1. The van der Waals surface area contributed by atoms with Crippen molar-refractivity contribution in [2.24, 2.45) is 0 Å². The van der Waals surface area contributed by atoms with Gasteiger partial charge in [-0.05, 0) is 57.0 Å². The highest BCUT2D eigenvalue weighted by atomic mass is 16.3. The van der Waals surface area contributed by atoms with Crippen LogP contribution in [0.1, 0.15) is 24.0 Å². The molecule has 1 heterocycles. The van der Waals surface area contributed by atoms with Crippen LogP contribution >= 0.6 is 0 Å².